The van der Waals surface area contributed by atoms with Crippen LogP contribution in [0, 0.1) is 0 Å². The first-order chi connectivity index (χ1) is 12.6. The minimum Gasteiger partial charge on any atom is -0.494 e. The molecular weight excluding hydrogens is 334 g/mol. The Balaban J connectivity index is 1.69. The monoisotopic (exact) mass is 355 g/mol. The second-order valence-electron chi connectivity index (χ2n) is 6.85. The predicted molar refractivity (Wildman–Crippen MR) is 96.4 cm³/mol. The maximum Gasteiger partial charge on any atom is 0.331 e. The standard InChI is InChI=1S/C18H21N5O3/c24-16-15(14-9-13(21-22-14)11-5-4-8-19-10-11)17(25)23(18(26)20-16)12-6-2-1-3-7-12/h4-5,8,10,12-13,21,25H,1-3,6-7,9H2,(H,20,24,26)/t13-/m1/s1. The summed E-state index contributed by atoms with van der Waals surface area (Å²) in [5.74, 6) is -0.280. The molecule has 26 heavy (non-hydrogen) atoms. The lowest BCUT2D eigenvalue weighted by atomic mass is 9.95. The molecule has 1 aliphatic heterocycles. The zero-order chi connectivity index (χ0) is 18.1. The number of rotatable bonds is 3. The highest BCUT2D eigenvalue weighted by Crippen LogP contribution is 2.31. The summed E-state index contributed by atoms with van der Waals surface area (Å²) >= 11 is 0. The number of aromatic hydroxyl groups is 1. The van der Waals surface area contributed by atoms with Gasteiger partial charge in [0.15, 0.2) is 0 Å². The van der Waals surface area contributed by atoms with E-state index in [1.54, 1.807) is 12.4 Å². The van der Waals surface area contributed by atoms with Gasteiger partial charge in [-0.15, -0.1) is 0 Å². The van der Waals surface area contributed by atoms with Gasteiger partial charge in [-0.05, 0) is 24.5 Å². The average Bonchev–Trinajstić information content (AvgIpc) is 3.12. The Hall–Kier alpha value is -2.90. The van der Waals surface area contributed by atoms with Gasteiger partial charge in [-0.2, -0.15) is 5.10 Å². The molecule has 0 aromatic carbocycles. The second-order valence-corrected chi connectivity index (χ2v) is 6.85. The number of hydrogen-bond donors (Lipinski definition) is 3. The Morgan fingerprint density at radius 2 is 2.00 bits per heavy atom. The van der Waals surface area contributed by atoms with Crippen LogP contribution in [0.1, 0.15) is 61.7 Å². The Morgan fingerprint density at radius 1 is 1.19 bits per heavy atom. The summed E-state index contributed by atoms with van der Waals surface area (Å²) in [7, 11) is 0. The lowest BCUT2D eigenvalue weighted by Gasteiger charge is -2.25. The Bertz CT molecular complexity index is 942. The molecule has 0 radical (unpaired) electrons. The molecule has 1 fully saturated rings. The van der Waals surface area contributed by atoms with E-state index in [4.69, 9.17) is 0 Å². The zero-order valence-corrected chi connectivity index (χ0v) is 14.3. The average molecular weight is 355 g/mol. The molecule has 1 atom stereocenters. The number of nitrogens with zero attached hydrogens (tertiary/aromatic N) is 3. The van der Waals surface area contributed by atoms with Crippen molar-refractivity contribution >= 4 is 5.71 Å². The molecule has 8 heteroatoms. The van der Waals surface area contributed by atoms with E-state index in [1.165, 1.54) is 4.57 Å². The summed E-state index contributed by atoms with van der Waals surface area (Å²) in [5.41, 5.74) is 3.30. The normalized spacial score (nSPS) is 20.6. The van der Waals surface area contributed by atoms with Gasteiger partial charge < -0.3 is 10.5 Å². The van der Waals surface area contributed by atoms with Crippen LogP contribution in [0.4, 0.5) is 0 Å². The van der Waals surface area contributed by atoms with E-state index in [0.717, 1.165) is 37.7 Å². The molecule has 3 heterocycles. The molecule has 4 rings (SSSR count). The van der Waals surface area contributed by atoms with Gasteiger partial charge in [0.05, 0.1) is 11.8 Å². The first-order valence-electron chi connectivity index (χ1n) is 8.95. The number of hydrogen-bond acceptors (Lipinski definition) is 6. The Kier molecular flexibility index (Phi) is 4.32. The van der Waals surface area contributed by atoms with Crippen molar-refractivity contribution in [3.8, 4) is 5.88 Å². The van der Waals surface area contributed by atoms with E-state index < -0.39 is 11.2 Å². The largest absolute Gasteiger partial charge is 0.494 e. The van der Waals surface area contributed by atoms with Crippen LogP contribution in [0.5, 0.6) is 5.88 Å². The lowest BCUT2D eigenvalue weighted by Crippen LogP contribution is -2.36. The van der Waals surface area contributed by atoms with Crippen molar-refractivity contribution in [3.05, 3.63) is 56.5 Å². The third-order valence-corrected chi connectivity index (χ3v) is 5.19. The van der Waals surface area contributed by atoms with Gasteiger partial charge in [-0.3, -0.25) is 19.3 Å². The fourth-order valence-corrected chi connectivity index (χ4v) is 3.85. The lowest BCUT2D eigenvalue weighted by molar-refractivity contribution is 0.298. The number of hydrazone groups is 1. The van der Waals surface area contributed by atoms with Gasteiger partial charge in [0, 0.05) is 24.9 Å². The van der Waals surface area contributed by atoms with Crippen molar-refractivity contribution in [1.82, 2.24) is 20.0 Å². The third-order valence-electron chi connectivity index (χ3n) is 5.19. The van der Waals surface area contributed by atoms with E-state index in [0.29, 0.717) is 12.1 Å². The van der Waals surface area contributed by atoms with Gasteiger partial charge in [-0.25, -0.2) is 4.79 Å². The van der Waals surface area contributed by atoms with Gasteiger partial charge in [-0.1, -0.05) is 25.3 Å². The maximum atomic E-state index is 12.4. The molecular formula is C18H21N5O3. The molecule has 8 nitrogen and oxygen atoms in total. The van der Waals surface area contributed by atoms with Crippen LogP contribution in [0.15, 0.2) is 39.2 Å². The first kappa shape index (κ1) is 16.6. The molecule has 0 unspecified atom stereocenters. The molecule has 3 N–H and O–H groups in total. The number of nitrogens with one attached hydrogen (secondary N) is 2. The van der Waals surface area contributed by atoms with E-state index in [9.17, 15) is 14.7 Å². The van der Waals surface area contributed by atoms with Crippen molar-refractivity contribution in [2.75, 3.05) is 0 Å². The molecule has 2 aromatic rings. The number of aromatic nitrogens is 3. The fraction of sp³-hybridized carbons (Fsp3) is 0.444. The number of aromatic amines is 1. The van der Waals surface area contributed by atoms with Crippen molar-refractivity contribution < 1.29 is 5.11 Å². The van der Waals surface area contributed by atoms with Gasteiger partial charge in [0.2, 0.25) is 5.88 Å². The Morgan fingerprint density at radius 3 is 2.73 bits per heavy atom. The molecule has 0 amide bonds. The van der Waals surface area contributed by atoms with Crippen LogP contribution in [0.2, 0.25) is 0 Å². The van der Waals surface area contributed by atoms with E-state index in [2.05, 4.69) is 20.5 Å². The summed E-state index contributed by atoms with van der Waals surface area (Å²) in [4.78, 5) is 31.1. The summed E-state index contributed by atoms with van der Waals surface area (Å²) in [6.07, 6.45) is 8.66. The smallest absolute Gasteiger partial charge is 0.331 e. The van der Waals surface area contributed by atoms with Gasteiger partial charge in [0.1, 0.15) is 5.56 Å². The quantitative estimate of drug-likeness (QED) is 0.774. The predicted octanol–water partition coefficient (Wildman–Crippen LogP) is 1.58. The topological polar surface area (TPSA) is 112 Å². The second kappa shape index (κ2) is 6.78. The van der Waals surface area contributed by atoms with Crippen molar-refractivity contribution in [2.45, 2.75) is 50.6 Å². The summed E-state index contributed by atoms with van der Waals surface area (Å²) < 4.78 is 1.33. The highest BCUT2D eigenvalue weighted by atomic mass is 16.3. The highest BCUT2D eigenvalue weighted by Gasteiger charge is 2.29. The zero-order valence-electron chi connectivity index (χ0n) is 14.3. The first-order valence-corrected chi connectivity index (χ1v) is 8.95. The van der Waals surface area contributed by atoms with Gasteiger partial charge in [0.25, 0.3) is 5.56 Å². The Labute approximate surface area is 149 Å². The van der Waals surface area contributed by atoms with E-state index >= 15 is 0 Å². The van der Waals surface area contributed by atoms with Crippen LogP contribution in [0.25, 0.3) is 0 Å². The van der Waals surface area contributed by atoms with Crippen LogP contribution < -0.4 is 16.7 Å². The van der Waals surface area contributed by atoms with Crippen molar-refractivity contribution in [1.29, 1.82) is 0 Å². The molecule has 0 spiro atoms. The SMILES string of the molecule is O=c1[nH]c(=O)n(C2CCCCC2)c(O)c1C1=NN[C@@H](c2cccnc2)C1. The van der Waals surface area contributed by atoms with Crippen molar-refractivity contribution in [2.24, 2.45) is 5.10 Å². The highest BCUT2D eigenvalue weighted by molar-refractivity contribution is 6.03. The summed E-state index contributed by atoms with van der Waals surface area (Å²) in [6, 6.07) is 3.56. The molecule has 2 aromatic heterocycles. The molecule has 136 valence electrons. The van der Waals surface area contributed by atoms with Crippen LogP contribution in [0.3, 0.4) is 0 Å². The van der Waals surface area contributed by atoms with Crippen LogP contribution in [-0.2, 0) is 0 Å². The summed E-state index contributed by atoms with van der Waals surface area (Å²) in [5, 5.41) is 15.0. The maximum absolute atomic E-state index is 12.4. The van der Waals surface area contributed by atoms with Crippen molar-refractivity contribution in [3.63, 3.8) is 0 Å². The third kappa shape index (κ3) is 2.91. The van der Waals surface area contributed by atoms with Gasteiger partial charge >= 0.3 is 5.69 Å². The number of H-pyrrole nitrogens is 1. The minimum atomic E-state index is -0.605. The molecule has 0 bridgehead atoms. The summed E-state index contributed by atoms with van der Waals surface area (Å²) in [6.45, 7) is 0. The molecule has 2 aliphatic rings. The van der Waals surface area contributed by atoms with E-state index in [-0.39, 0.29) is 23.5 Å². The minimum absolute atomic E-state index is 0.0778. The fourth-order valence-electron chi connectivity index (χ4n) is 3.85. The molecule has 1 saturated carbocycles. The van der Waals surface area contributed by atoms with E-state index in [1.807, 2.05) is 12.1 Å². The molecule has 1 aliphatic carbocycles. The molecule has 0 saturated heterocycles. The van der Waals surface area contributed by atoms with Crippen LogP contribution in [-0.4, -0.2) is 25.4 Å². The van der Waals surface area contributed by atoms with Crippen LogP contribution >= 0.6 is 0 Å². The number of pyridine rings is 1.